The van der Waals surface area contributed by atoms with Gasteiger partial charge in [0.15, 0.2) is 0 Å². The second-order valence-corrected chi connectivity index (χ2v) is 8.65. The minimum Gasteiger partial charge on any atom is -0.481 e. The van der Waals surface area contributed by atoms with Crippen LogP contribution in [0.1, 0.15) is 56.5 Å². The van der Waals surface area contributed by atoms with Gasteiger partial charge in [-0.2, -0.15) is 0 Å². The van der Waals surface area contributed by atoms with E-state index in [1.807, 2.05) is 25.1 Å². The Labute approximate surface area is 172 Å². The predicted molar refractivity (Wildman–Crippen MR) is 108 cm³/mol. The van der Waals surface area contributed by atoms with Gasteiger partial charge in [-0.3, -0.25) is 4.79 Å². The van der Waals surface area contributed by atoms with Crippen molar-refractivity contribution < 1.29 is 29.3 Å². The number of fused-ring (bicyclic) bond motifs is 1. The van der Waals surface area contributed by atoms with E-state index >= 15 is 0 Å². The van der Waals surface area contributed by atoms with Crippen LogP contribution in [0.4, 0.5) is 0 Å². The molecule has 1 aliphatic heterocycles. The minimum absolute atomic E-state index is 0.00160. The van der Waals surface area contributed by atoms with Gasteiger partial charge >= 0.3 is 5.97 Å². The molecule has 2 aliphatic rings. The van der Waals surface area contributed by atoms with Crippen molar-refractivity contribution in [1.82, 2.24) is 0 Å². The van der Waals surface area contributed by atoms with Gasteiger partial charge in [-0.05, 0) is 63.0 Å². The summed E-state index contributed by atoms with van der Waals surface area (Å²) in [4.78, 5) is 10.7. The zero-order valence-corrected chi connectivity index (χ0v) is 17.2. The summed E-state index contributed by atoms with van der Waals surface area (Å²) in [7, 11) is 0. The molecule has 0 bridgehead atoms. The molecule has 1 aromatic rings. The maximum absolute atomic E-state index is 10.7. The molecule has 0 unspecified atom stereocenters. The smallest absolute Gasteiger partial charge is 0.303 e. The largest absolute Gasteiger partial charge is 0.481 e. The van der Waals surface area contributed by atoms with E-state index in [0.29, 0.717) is 38.2 Å². The van der Waals surface area contributed by atoms with Gasteiger partial charge in [0.25, 0.3) is 0 Å². The number of carboxylic acid groups (broad SMARTS) is 1. The number of carboxylic acids is 1. The third-order valence-electron chi connectivity index (χ3n) is 6.39. The third kappa shape index (κ3) is 6.43. The number of aliphatic hydroxyl groups excluding tert-OH is 2. The molecule has 3 N–H and O–H groups in total. The van der Waals surface area contributed by atoms with Crippen LogP contribution in [0.15, 0.2) is 28.7 Å². The average molecular weight is 407 g/mol. The van der Waals surface area contributed by atoms with Gasteiger partial charge in [-0.15, -0.1) is 0 Å². The van der Waals surface area contributed by atoms with Gasteiger partial charge < -0.3 is 24.5 Å². The monoisotopic (exact) mass is 406 g/mol. The summed E-state index contributed by atoms with van der Waals surface area (Å²) >= 11 is 0. The maximum Gasteiger partial charge on any atom is 0.303 e. The van der Waals surface area contributed by atoms with E-state index in [1.165, 1.54) is 0 Å². The van der Waals surface area contributed by atoms with E-state index in [-0.39, 0.29) is 24.4 Å². The lowest BCUT2D eigenvalue weighted by atomic mass is 9.86. The van der Waals surface area contributed by atoms with Gasteiger partial charge in [-0.25, -0.2) is 0 Å². The zero-order valence-electron chi connectivity index (χ0n) is 17.2. The van der Waals surface area contributed by atoms with Crippen LogP contribution in [-0.4, -0.2) is 46.2 Å². The number of carbonyl (C=O) groups is 1. The van der Waals surface area contributed by atoms with Crippen LogP contribution in [-0.2, 0) is 16.0 Å². The minimum atomic E-state index is -0.745. The predicted octanol–water partition coefficient (Wildman–Crippen LogP) is 3.48. The van der Waals surface area contributed by atoms with E-state index < -0.39 is 18.2 Å². The van der Waals surface area contributed by atoms with Crippen molar-refractivity contribution in [2.45, 2.75) is 76.6 Å². The fourth-order valence-corrected chi connectivity index (χ4v) is 4.75. The lowest BCUT2D eigenvalue weighted by molar-refractivity contribution is -0.137. The van der Waals surface area contributed by atoms with Crippen LogP contribution in [0.25, 0.3) is 0 Å². The Morgan fingerprint density at radius 2 is 2.17 bits per heavy atom. The molecule has 1 aromatic heterocycles. The molecule has 0 amide bonds. The summed E-state index contributed by atoms with van der Waals surface area (Å²) in [5, 5.41) is 29.6. The summed E-state index contributed by atoms with van der Waals surface area (Å²) in [6.07, 6.45) is 8.46. The van der Waals surface area contributed by atoms with E-state index in [9.17, 15) is 15.0 Å². The number of rotatable bonds is 9. The average Bonchev–Trinajstić information content (AvgIpc) is 3.15. The van der Waals surface area contributed by atoms with Crippen molar-refractivity contribution in [3.05, 3.63) is 35.8 Å². The van der Waals surface area contributed by atoms with Crippen molar-refractivity contribution >= 4 is 5.97 Å². The first-order valence-electron chi connectivity index (χ1n) is 10.9. The van der Waals surface area contributed by atoms with Gasteiger partial charge in [0.05, 0.1) is 18.3 Å². The van der Waals surface area contributed by atoms with E-state index in [0.717, 1.165) is 30.8 Å². The first-order valence-corrected chi connectivity index (χ1v) is 10.9. The maximum atomic E-state index is 10.7. The number of ether oxygens (including phenoxy) is 1. The van der Waals surface area contributed by atoms with Crippen LogP contribution >= 0.6 is 0 Å². The Kier molecular flexibility index (Phi) is 7.92. The van der Waals surface area contributed by atoms with Gasteiger partial charge in [-0.1, -0.05) is 12.2 Å². The molecule has 2 heterocycles. The number of furan rings is 1. The Morgan fingerprint density at radius 3 is 2.90 bits per heavy atom. The number of hydrogen-bond acceptors (Lipinski definition) is 5. The highest BCUT2D eigenvalue weighted by Gasteiger charge is 2.43. The zero-order chi connectivity index (χ0) is 20.8. The molecule has 6 atom stereocenters. The van der Waals surface area contributed by atoms with Gasteiger partial charge in [0, 0.05) is 31.8 Å². The molecule has 3 rings (SSSR count). The molecule has 6 nitrogen and oxygen atoms in total. The molecule has 0 aromatic carbocycles. The molecule has 0 radical (unpaired) electrons. The first-order chi connectivity index (χ1) is 13.9. The molecule has 162 valence electrons. The second-order valence-electron chi connectivity index (χ2n) is 8.65. The molecular weight excluding hydrogens is 372 g/mol. The fourth-order valence-electron chi connectivity index (χ4n) is 4.75. The fraction of sp³-hybridized carbons (Fsp3) is 0.696. The number of aliphatic hydroxyl groups is 2. The van der Waals surface area contributed by atoms with E-state index in [2.05, 4.69) is 0 Å². The summed E-state index contributed by atoms with van der Waals surface area (Å²) in [6.45, 7) is 2.55. The summed E-state index contributed by atoms with van der Waals surface area (Å²) in [5.41, 5.74) is 0. The van der Waals surface area contributed by atoms with Crippen molar-refractivity contribution in [3.63, 3.8) is 0 Å². The van der Waals surface area contributed by atoms with Gasteiger partial charge in [0.2, 0.25) is 0 Å². The second kappa shape index (κ2) is 10.4. The van der Waals surface area contributed by atoms with Crippen molar-refractivity contribution in [3.8, 4) is 0 Å². The molecular formula is C23H34O6. The molecule has 6 heteroatoms. The molecule has 1 aliphatic carbocycles. The number of aryl methyl sites for hydroxylation is 2. The first kappa shape index (κ1) is 22.1. The molecule has 2 fully saturated rings. The topological polar surface area (TPSA) is 100 Å². The Balaban J connectivity index is 1.48. The lowest BCUT2D eigenvalue weighted by Gasteiger charge is -2.21. The van der Waals surface area contributed by atoms with Gasteiger partial charge in [0.1, 0.15) is 11.5 Å². The van der Waals surface area contributed by atoms with Crippen molar-refractivity contribution in [1.29, 1.82) is 0 Å². The highest BCUT2D eigenvalue weighted by molar-refractivity contribution is 5.66. The number of aliphatic carboxylic acids is 1. The molecule has 29 heavy (non-hydrogen) atoms. The van der Waals surface area contributed by atoms with Crippen LogP contribution in [0, 0.1) is 24.7 Å². The summed E-state index contributed by atoms with van der Waals surface area (Å²) in [5.74, 6) is 1.65. The SMILES string of the molecule is Cc1ccc(CC[C@H](O)/C=C/[C@@H]2[C@H]3CC[C@H](CCCC(=O)O)CO[C@H]3C[C@H]2O)o1. The van der Waals surface area contributed by atoms with Crippen LogP contribution < -0.4 is 0 Å². The number of hydrogen-bond donors (Lipinski definition) is 3. The normalized spacial score (nSPS) is 30.9. The molecule has 1 saturated heterocycles. The van der Waals surface area contributed by atoms with Crippen molar-refractivity contribution in [2.75, 3.05) is 6.61 Å². The highest BCUT2D eigenvalue weighted by Crippen LogP contribution is 2.42. The quantitative estimate of drug-likeness (QED) is 0.543. The highest BCUT2D eigenvalue weighted by atomic mass is 16.5. The standard InChI is InChI=1S/C23H34O6/c1-15-5-9-18(29-15)10-7-17(24)8-12-19-20-11-6-16(3-2-4-23(26)27)14-28-22(20)13-21(19)25/h5,8-9,12,16-17,19-22,24-25H,2-4,6-7,10-11,13-14H2,1H3,(H,26,27)/b12-8+/t16-,17-,19+,20+,21+,22-/m0/s1. The van der Waals surface area contributed by atoms with Crippen LogP contribution in [0.2, 0.25) is 0 Å². The molecule has 1 saturated carbocycles. The van der Waals surface area contributed by atoms with E-state index in [1.54, 1.807) is 6.08 Å². The lowest BCUT2D eigenvalue weighted by Crippen LogP contribution is -2.21. The Hall–Kier alpha value is -1.63. The van der Waals surface area contributed by atoms with Crippen LogP contribution in [0.5, 0.6) is 0 Å². The van der Waals surface area contributed by atoms with Crippen molar-refractivity contribution in [2.24, 2.45) is 17.8 Å². The van der Waals surface area contributed by atoms with E-state index in [4.69, 9.17) is 14.3 Å². The summed E-state index contributed by atoms with van der Waals surface area (Å²) < 4.78 is 11.6. The molecule has 0 spiro atoms. The summed E-state index contributed by atoms with van der Waals surface area (Å²) in [6, 6.07) is 3.86. The third-order valence-corrected chi connectivity index (χ3v) is 6.39. The Bertz CT molecular complexity index is 681. The van der Waals surface area contributed by atoms with Crippen LogP contribution in [0.3, 0.4) is 0 Å². The Morgan fingerprint density at radius 1 is 1.34 bits per heavy atom.